The largest absolute Gasteiger partial charge is 0.505 e. The second-order valence-electron chi connectivity index (χ2n) is 3.81. The lowest BCUT2D eigenvalue weighted by atomic mass is 10.2. The van der Waals surface area contributed by atoms with Crippen molar-refractivity contribution in [3.05, 3.63) is 36.5 Å². The maximum absolute atomic E-state index is 9.67. The highest BCUT2D eigenvalue weighted by molar-refractivity contribution is 5.62. The lowest BCUT2D eigenvalue weighted by molar-refractivity contribution is 0.425. The van der Waals surface area contributed by atoms with Gasteiger partial charge in [-0.3, -0.25) is 4.98 Å². The maximum atomic E-state index is 9.67. The van der Waals surface area contributed by atoms with Crippen LogP contribution < -0.4 is 0 Å². The molecule has 3 heterocycles. The van der Waals surface area contributed by atoms with Crippen molar-refractivity contribution in [2.75, 3.05) is 0 Å². The Kier molecular flexibility index (Phi) is 2.64. The van der Waals surface area contributed by atoms with Crippen LogP contribution in [-0.2, 0) is 0 Å². The molecule has 0 aliphatic rings. The first-order valence-corrected chi connectivity index (χ1v) is 5.51. The van der Waals surface area contributed by atoms with Crippen molar-refractivity contribution in [1.29, 1.82) is 0 Å². The van der Waals surface area contributed by atoms with Gasteiger partial charge < -0.3 is 9.63 Å². The van der Waals surface area contributed by atoms with Gasteiger partial charge in [0.05, 0.1) is 11.8 Å². The van der Waals surface area contributed by atoms with Gasteiger partial charge in [0.2, 0.25) is 5.82 Å². The molecule has 0 unspecified atom stereocenters. The average molecular weight is 255 g/mol. The summed E-state index contributed by atoms with van der Waals surface area (Å²) in [6.45, 7) is 1.78. The van der Waals surface area contributed by atoms with Gasteiger partial charge in [-0.25, -0.2) is 9.97 Å². The van der Waals surface area contributed by atoms with Crippen LogP contribution in [-0.4, -0.2) is 30.2 Å². The van der Waals surface area contributed by atoms with Crippen LogP contribution in [0.5, 0.6) is 5.75 Å². The van der Waals surface area contributed by atoms with Gasteiger partial charge >= 0.3 is 0 Å². The van der Waals surface area contributed by atoms with E-state index in [1.165, 1.54) is 12.4 Å². The summed E-state index contributed by atoms with van der Waals surface area (Å²) in [5.41, 5.74) is 0.996. The van der Waals surface area contributed by atoms with Crippen LogP contribution in [0.15, 0.2) is 35.2 Å². The number of aromatic nitrogens is 5. The molecule has 0 radical (unpaired) electrons. The topological polar surface area (TPSA) is 97.8 Å². The number of hydrogen-bond donors (Lipinski definition) is 1. The summed E-state index contributed by atoms with van der Waals surface area (Å²) < 4.78 is 5.12. The Labute approximate surface area is 108 Å². The summed E-state index contributed by atoms with van der Waals surface area (Å²) >= 11 is 0. The van der Waals surface area contributed by atoms with Crippen molar-refractivity contribution >= 4 is 0 Å². The molecule has 0 bridgehead atoms. The molecular weight excluding hydrogens is 246 g/mol. The van der Waals surface area contributed by atoms with Gasteiger partial charge in [0.25, 0.3) is 5.89 Å². The fourth-order valence-corrected chi connectivity index (χ4v) is 1.58. The third-order valence-electron chi connectivity index (χ3n) is 2.46. The molecule has 1 N–H and O–H groups in total. The summed E-state index contributed by atoms with van der Waals surface area (Å²) in [5.74, 6) is 1.16. The Balaban J connectivity index is 2.03. The first-order chi connectivity index (χ1) is 9.24. The van der Waals surface area contributed by atoms with Gasteiger partial charge in [0.1, 0.15) is 17.3 Å². The maximum Gasteiger partial charge on any atom is 0.262 e. The number of aromatic hydroxyl groups is 1. The lowest BCUT2D eigenvalue weighted by Crippen LogP contribution is -1.91. The van der Waals surface area contributed by atoms with Crippen LogP contribution in [0.3, 0.4) is 0 Å². The Morgan fingerprint density at radius 2 is 2.05 bits per heavy atom. The van der Waals surface area contributed by atoms with Gasteiger partial charge in [0.15, 0.2) is 0 Å². The molecule has 0 amide bonds. The summed E-state index contributed by atoms with van der Waals surface area (Å²) in [5, 5.41) is 13.5. The highest BCUT2D eigenvalue weighted by Gasteiger charge is 2.14. The quantitative estimate of drug-likeness (QED) is 0.742. The fraction of sp³-hybridized carbons (Fsp3) is 0.0833. The highest BCUT2D eigenvalue weighted by atomic mass is 16.5. The zero-order valence-electron chi connectivity index (χ0n) is 9.98. The van der Waals surface area contributed by atoms with Crippen LogP contribution >= 0.6 is 0 Å². The second-order valence-corrected chi connectivity index (χ2v) is 3.81. The molecule has 7 heteroatoms. The van der Waals surface area contributed by atoms with Gasteiger partial charge in [-0.15, -0.1) is 0 Å². The van der Waals surface area contributed by atoms with Crippen molar-refractivity contribution < 1.29 is 9.63 Å². The van der Waals surface area contributed by atoms with Gasteiger partial charge in [0, 0.05) is 12.4 Å². The van der Waals surface area contributed by atoms with E-state index in [-0.39, 0.29) is 11.6 Å². The molecule has 3 rings (SSSR count). The Morgan fingerprint density at radius 1 is 1.16 bits per heavy atom. The molecule has 0 aliphatic heterocycles. The van der Waals surface area contributed by atoms with Crippen molar-refractivity contribution in [2.45, 2.75) is 6.92 Å². The summed E-state index contributed by atoms with van der Waals surface area (Å²) in [7, 11) is 0. The zero-order chi connectivity index (χ0) is 13.2. The molecule has 0 atom stereocenters. The van der Waals surface area contributed by atoms with E-state index in [4.69, 9.17) is 4.52 Å². The van der Waals surface area contributed by atoms with Crippen LogP contribution in [0, 0.1) is 6.92 Å². The molecule has 0 saturated heterocycles. The smallest absolute Gasteiger partial charge is 0.262 e. The molecule has 3 aromatic rings. The molecule has 3 aromatic heterocycles. The molecule has 0 saturated carbocycles. The zero-order valence-corrected chi connectivity index (χ0v) is 9.98. The number of pyridine rings is 1. The van der Waals surface area contributed by atoms with Gasteiger partial charge in [-0.2, -0.15) is 4.98 Å². The average Bonchev–Trinajstić information content (AvgIpc) is 2.89. The summed E-state index contributed by atoms with van der Waals surface area (Å²) in [4.78, 5) is 16.2. The van der Waals surface area contributed by atoms with Crippen molar-refractivity contribution in [2.24, 2.45) is 0 Å². The molecule has 19 heavy (non-hydrogen) atoms. The van der Waals surface area contributed by atoms with Crippen LogP contribution in [0.25, 0.3) is 23.0 Å². The minimum Gasteiger partial charge on any atom is -0.505 e. The predicted molar refractivity (Wildman–Crippen MR) is 65.0 cm³/mol. The first kappa shape index (κ1) is 11.3. The Bertz CT molecular complexity index is 725. The SMILES string of the molecule is Cc1nccc(-c2noc(-c3ccncc3O)n2)n1. The van der Waals surface area contributed by atoms with E-state index in [1.54, 1.807) is 25.3 Å². The predicted octanol–water partition coefficient (Wildman–Crippen LogP) is 1.60. The van der Waals surface area contributed by atoms with E-state index in [0.717, 1.165) is 0 Å². The summed E-state index contributed by atoms with van der Waals surface area (Å²) in [6, 6.07) is 3.28. The minimum absolute atomic E-state index is 0.0171. The van der Waals surface area contributed by atoms with E-state index in [0.29, 0.717) is 22.9 Å². The number of rotatable bonds is 2. The normalized spacial score (nSPS) is 10.6. The van der Waals surface area contributed by atoms with Crippen molar-refractivity contribution in [1.82, 2.24) is 25.1 Å². The number of hydrogen-bond acceptors (Lipinski definition) is 7. The van der Waals surface area contributed by atoms with Gasteiger partial charge in [-0.05, 0) is 19.1 Å². The Morgan fingerprint density at radius 3 is 2.84 bits per heavy atom. The molecular formula is C12H9N5O2. The van der Waals surface area contributed by atoms with Crippen molar-refractivity contribution in [3.63, 3.8) is 0 Å². The monoisotopic (exact) mass is 255 g/mol. The first-order valence-electron chi connectivity index (χ1n) is 5.51. The third kappa shape index (κ3) is 2.13. The van der Waals surface area contributed by atoms with E-state index in [9.17, 15) is 5.11 Å². The van der Waals surface area contributed by atoms with E-state index < -0.39 is 0 Å². The van der Waals surface area contributed by atoms with E-state index in [1.807, 2.05) is 0 Å². The fourth-order valence-electron chi connectivity index (χ4n) is 1.58. The van der Waals surface area contributed by atoms with Crippen LogP contribution in [0.4, 0.5) is 0 Å². The van der Waals surface area contributed by atoms with Crippen molar-refractivity contribution in [3.8, 4) is 28.7 Å². The summed E-state index contributed by atoms with van der Waals surface area (Å²) in [6.07, 6.45) is 4.47. The highest BCUT2D eigenvalue weighted by Crippen LogP contribution is 2.27. The van der Waals surface area contributed by atoms with Crippen LogP contribution in [0.1, 0.15) is 5.82 Å². The molecule has 0 aromatic carbocycles. The molecule has 0 fully saturated rings. The number of aryl methyl sites for hydroxylation is 1. The Hall–Kier alpha value is -2.83. The second kappa shape index (κ2) is 4.45. The lowest BCUT2D eigenvalue weighted by Gasteiger charge is -1.96. The van der Waals surface area contributed by atoms with E-state index >= 15 is 0 Å². The third-order valence-corrected chi connectivity index (χ3v) is 2.46. The molecule has 7 nitrogen and oxygen atoms in total. The van der Waals surface area contributed by atoms with Gasteiger partial charge in [-0.1, -0.05) is 5.16 Å². The van der Waals surface area contributed by atoms with E-state index in [2.05, 4.69) is 25.1 Å². The molecule has 0 aliphatic carbocycles. The molecule has 94 valence electrons. The minimum atomic E-state index is -0.0171. The molecule has 0 spiro atoms. The number of nitrogens with zero attached hydrogens (tertiary/aromatic N) is 5. The standard InChI is InChI=1S/C12H9N5O2/c1-7-14-5-3-9(15-7)11-16-12(19-17-11)8-2-4-13-6-10(8)18/h2-6,18H,1H3. The van der Waals surface area contributed by atoms with Crippen LogP contribution in [0.2, 0.25) is 0 Å².